The predicted molar refractivity (Wildman–Crippen MR) is 84.0 cm³/mol. The highest BCUT2D eigenvalue weighted by Gasteiger charge is 2.14. The molecule has 106 valence electrons. The highest BCUT2D eigenvalue weighted by atomic mass is 32.1. The lowest BCUT2D eigenvalue weighted by Crippen LogP contribution is -2.30. The van der Waals surface area contributed by atoms with Crippen molar-refractivity contribution < 1.29 is 9.90 Å². The lowest BCUT2D eigenvalue weighted by atomic mass is 10.1. The minimum absolute atomic E-state index is 0.365. The zero-order chi connectivity index (χ0) is 14.7. The largest absolute Gasteiger partial charge is 0.478 e. The van der Waals surface area contributed by atoms with Crippen LogP contribution >= 0.6 is 11.3 Å². The molecule has 0 saturated heterocycles. The van der Waals surface area contributed by atoms with Gasteiger partial charge in [-0.05, 0) is 49.1 Å². The van der Waals surface area contributed by atoms with Gasteiger partial charge in [-0.1, -0.05) is 6.07 Å². The lowest BCUT2D eigenvalue weighted by molar-refractivity contribution is 0.0696. The fourth-order valence-corrected chi connectivity index (χ4v) is 3.04. The van der Waals surface area contributed by atoms with Gasteiger partial charge in [0.2, 0.25) is 0 Å². The van der Waals surface area contributed by atoms with E-state index in [9.17, 15) is 4.79 Å². The van der Waals surface area contributed by atoms with Crippen molar-refractivity contribution in [2.24, 2.45) is 0 Å². The molecule has 0 aliphatic carbocycles. The molecule has 0 aliphatic rings. The third-order valence-corrected chi connectivity index (χ3v) is 4.48. The van der Waals surface area contributed by atoms with Crippen molar-refractivity contribution >= 4 is 23.0 Å². The second kappa shape index (κ2) is 6.09. The highest BCUT2D eigenvalue weighted by Crippen LogP contribution is 2.22. The van der Waals surface area contributed by atoms with E-state index in [1.807, 2.05) is 26.1 Å². The van der Waals surface area contributed by atoms with E-state index in [2.05, 4.69) is 29.3 Å². The van der Waals surface area contributed by atoms with Gasteiger partial charge in [0, 0.05) is 30.1 Å². The molecule has 1 heterocycles. The smallest absolute Gasteiger partial charge is 0.335 e. The summed E-state index contributed by atoms with van der Waals surface area (Å²) in [5.41, 5.74) is 2.22. The van der Waals surface area contributed by atoms with Crippen LogP contribution in [0.3, 0.4) is 0 Å². The molecule has 20 heavy (non-hydrogen) atoms. The van der Waals surface area contributed by atoms with Crippen LogP contribution in [0.15, 0.2) is 35.7 Å². The third kappa shape index (κ3) is 3.20. The Morgan fingerprint density at radius 3 is 2.70 bits per heavy atom. The Bertz CT molecular complexity index is 593. The number of hydrogen-bond donors (Lipinski definition) is 1. The van der Waals surface area contributed by atoms with Crippen LogP contribution in [0.1, 0.15) is 27.7 Å². The topological polar surface area (TPSA) is 40.5 Å². The number of aromatic carboxylic acids is 1. The Balaban J connectivity index is 2.14. The van der Waals surface area contributed by atoms with E-state index in [1.54, 1.807) is 17.4 Å². The molecule has 0 spiro atoms. The molecule has 2 aromatic rings. The van der Waals surface area contributed by atoms with Crippen molar-refractivity contribution in [3.05, 3.63) is 51.7 Å². The number of carboxylic acid groups (broad SMARTS) is 1. The van der Waals surface area contributed by atoms with Gasteiger partial charge in [0.1, 0.15) is 0 Å². The van der Waals surface area contributed by atoms with Crippen molar-refractivity contribution in [3.8, 4) is 0 Å². The second-order valence-corrected chi connectivity index (χ2v) is 6.08. The minimum atomic E-state index is -0.872. The predicted octanol–water partition coefficient (Wildman–Crippen LogP) is 3.82. The van der Waals surface area contributed by atoms with E-state index < -0.39 is 5.97 Å². The van der Waals surface area contributed by atoms with Crippen LogP contribution in [-0.2, 0) is 6.42 Å². The van der Waals surface area contributed by atoms with E-state index in [4.69, 9.17) is 5.11 Å². The summed E-state index contributed by atoms with van der Waals surface area (Å²) >= 11 is 1.77. The van der Waals surface area contributed by atoms with Crippen molar-refractivity contribution in [3.63, 3.8) is 0 Å². The van der Waals surface area contributed by atoms with Crippen LogP contribution in [0.5, 0.6) is 0 Å². The summed E-state index contributed by atoms with van der Waals surface area (Å²) < 4.78 is 0. The number of likely N-dealkylation sites (N-methyl/N-ethyl adjacent to an activating group) is 1. The number of hydrogen-bond acceptors (Lipinski definition) is 3. The molecule has 0 saturated carbocycles. The number of benzene rings is 1. The zero-order valence-corrected chi connectivity index (χ0v) is 12.8. The monoisotopic (exact) mass is 289 g/mol. The average molecular weight is 289 g/mol. The molecule has 1 N–H and O–H groups in total. The average Bonchev–Trinajstić information content (AvgIpc) is 2.90. The first-order valence-electron chi connectivity index (χ1n) is 6.58. The normalized spacial score (nSPS) is 12.2. The number of aryl methyl sites for hydroxylation is 1. The Hall–Kier alpha value is -1.81. The Labute approximate surface area is 123 Å². The number of carboxylic acids is 1. The van der Waals surface area contributed by atoms with E-state index in [0.717, 1.165) is 17.7 Å². The highest BCUT2D eigenvalue weighted by molar-refractivity contribution is 7.09. The number of thiophene rings is 1. The maximum Gasteiger partial charge on any atom is 0.335 e. The Morgan fingerprint density at radius 1 is 1.40 bits per heavy atom. The van der Waals surface area contributed by atoms with Crippen LogP contribution < -0.4 is 4.90 Å². The van der Waals surface area contributed by atoms with Crippen LogP contribution in [0.2, 0.25) is 0 Å². The van der Waals surface area contributed by atoms with Crippen molar-refractivity contribution in [1.29, 1.82) is 0 Å². The fraction of sp³-hybridized carbons (Fsp3) is 0.312. The molecule has 0 bridgehead atoms. The molecule has 0 amide bonds. The van der Waals surface area contributed by atoms with Gasteiger partial charge < -0.3 is 10.0 Å². The fourth-order valence-electron chi connectivity index (χ4n) is 2.22. The summed E-state index contributed by atoms with van der Waals surface area (Å²) in [4.78, 5) is 14.6. The second-order valence-electron chi connectivity index (χ2n) is 5.05. The van der Waals surface area contributed by atoms with Crippen LogP contribution in [0, 0.1) is 6.92 Å². The van der Waals surface area contributed by atoms with Crippen molar-refractivity contribution in [2.75, 3.05) is 11.9 Å². The zero-order valence-electron chi connectivity index (χ0n) is 12.0. The molecule has 1 atom stereocenters. The number of anilines is 1. The first kappa shape index (κ1) is 14.6. The molecule has 1 aromatic carbocycles. The minimum Gasteiger partial charge on any atom is -0.478 e. The SMILES string of the molecule is Cc1cc(N(C)C(C)Cc2cccs2)ccc1C(=O)O. The molecule has 0 radical (unpaired) electrons. The van der Waals surface area contributed by atoms with E-state index >= 15 is 0 Å². The van der Waals surface area contributed by atoms with Crippen LogP contribution in [-0.4, -0.2) is 24.2 Å². The molecule has 3 nitrogen and oxygen atoms in total. The molecule has 4 heteroatoms. The van der Waals surface area contributed by atoms with Crippen LogP contribution in [0.4, 0.5) is 5.69 Å². The quantitative estimate of drug-likeness (QED) is 0.909. The maximum absolute atomic E-state index is 11.0. The molecule has 0 fully saturated rings. The molecule has 0 aliphatic heterocycles. The van der Waals surface area contributed by atoms with Gasteiger partial charge in [-0.3, -0.25) is 0 Å². The van der Waals surface area contributed by atoms with Gasteiger partial charge in [-0.15, -0.1) is 11.3 Å². The van der Waals surface area contributed by atoms with Gasteiger partial charge in [-0.2, -0.15) is 0 Å². The summed E-state index contributed by atoms with van der Waals surface area (Å²) in [5, 5.41) is 11.2. The molecule has 1 unspecified atom stereocenters. The molecule has 2 rings (SSSR count). The van der Waals surface area contributed by atoms with E-state index in [0.29, 0.717) is 11.6 Å². The Kier molecular flexibility index (Phi) is 4.45. The van der Waals surface area contributed by atoms with Gasteiger partial charge in [0.05, 0.1) is 5.56 Å². The standard InChI is InChI=1S/C16H19NO2S/c1-11-9-13(6-7-15(11)16(18)19)17(3)12(2)10-14-5-4-8-20-14/h4-9,12H,10H2,1-3H3,(H,18,19). The summed E-state index contributed by atoms with van der Waals surface area (Å²) in [6.07, 6.45) is 0.994. The number of rotatable bonds is 5. The first-order valence-corrected chi connectivity index (χ1v) is 7.46. The van der Waals surface area contributed by atoms with Gasteiger partial charge in [-0.25, -0.2) is 4.79 Å². The summed E-state index contributed by atoms with van der Waals surface area (Å²) in [7, 11) is 2.05. The van der Waals surface area contributed by atoms with Gasteiger partial charge in [0.25, 0.3) is 0 Å². The van der Waals surface area contributed by atoms with E-state index in [1.165, 1.54) is 4.88 Å². The lowest BCUT2D eigenvalue weighted by Gasteiger charge is -2.27. The molecular formula is C16H19NO2S. The molecule has 1 aromatic heterocycles. The molecular weight excluding hydrogens is 270 g/mol. The first-order chi connectivity index (χ1) is 9.49. The van der Waals surface area contributed by atoms with Crippen molar-refractivity contribution in [2.45, 2.75) is 26.3 Å². The summed E-state index contributed by atoms with van der Waals surface area (Å²) in [6.45, 7) is 4.02. The van der Waals surface area contributed by atoms with Gasteiger partial charge in [0.15, 0.2) is 0 Å². The number of carbonyl (C=O) groups is 1. The summed E-state index contributed by atoms with van der Waals surface area (Å²) in [5.74, 6) is -0.872. The number of nitrogens with zero attached hydrogens (tertiary/aromatic N) is 1. The third-order valence-electron chi connectivity index (χ3n) is 3.59. The van der Waals surface area contributed by atoms with Crippen LogP contribution in [0.25, 0.3) is 0 Å². The Morgan fingerprint density at radius 2 is 2.15 bits per heavy atom. The van der Waals surface area contributed by atoms with Gasteiger partial charge >= 0.3 is 5.97 Å². The van der Waals surface area contributed by atoms with E-state index in [-0.39, 0.29) is 0 Å². The van der Waals surface area contributed by atoms with Crippen molar-refractivity contribution in [1.82, 2.24) is 0 Å². The summed E-state index contributed by atoms with van der Waals surface area (Å²) in [6, 6.07) is 10.1. The maximum atomic E-state index is 11.0.